The first-order valence-corrected chi connectivity index (χ1v) is 9.72. The number of aromatic nitrogens is 1. The lowest BCUT2D eigenvalue weighted by Gasteiger charge is -2.27. The maximum Gasteiger partial charge on any atom is 0.318 e. The van der Waals surface area contributed by atoms with Gasteiger partial charge in [0.2, 0.25) is 5.91 Å². The average Bonchev–Trinajstić information content (AvgIpc) is 3.15. The van der Waals surface area contributed by atoms with Gasteiger partial charge in [-0.25, -0.2) is 4.79 Å². The fourth-order valence-electron chi connectivity index (χ4n) is 3.74. The van der Waals surface area contributed by atoms with Crippen LogP contribution in [0.3, 0.4) is 0 Å². The summed E-state index contributed by atoms with van der Waals surface area (Å²) in [5, 5.41) is 6.64. The molecule has 1 aromatic heterocycles. The molecule has 156 valence electrons. The largest absolute Gasteiger partial charge is 0.497 e. The van der Waals surface area contributed by atoms with Gasteiger partial charge in [0, 0.05) is 29.2 Å². The molecule has 0 bridgehead atoms. The van der Waals surface area contributed by atoms with Crippen LogP contribution in [0.2, 0.25) is 0 Å². The fourth-order valence-corrected chi connectivity index (χ4v) is 3.74. The maximum absolute atomic E-state index is 12.6. The van der Waals surface area contributed by atoms with E-state index in [0.29, 0.717) is 30.3 Å². The van der Waals surface area contributed by atoms with Gasteiger partial charge in [-0.05, 0) is 30.2 Å². The number of hydrogen-bond acceptors (Lipinski definition) is 4. The molecular formula is C22H24N4O4. The van der Waals surface area contributed by atoms with Gasteiger partial charge < -0.3 is 30.0 Å². The van der Waals surface area contributed by atoms with Crippen molar-refractivity contribution in [3.8, 4) is 11.5 Å². The van der Waals surface area contributed by atoms with Crippen LogP contribution in [0.25, 0.3) is 10.9 Å². The van der Waals surface area contributed by atoms with E-state index in [1.807, 2.05) is 18.2 Å². The summed E-state index contributed by atoms with van der Waals surface area (Å²) >= 11 is 0. The highest BCUT2D eigenvalue weighted by atomic mass is 16.5. The number of carbonyl (C=O) groups excluding carboxylic acids is 2. The number of rotatable bonds is 5. The molecule has 8 heteroatoms. The number of hydrogen-bond donors (Lipinski definition) is 3. The second-order valence-corrected chi connectivity index (χ2v) is 7.07. The van der Waals surface area contributed by atoms with Crippen molar-refractivity contribution in [3.05, 3.63) is 53.7 Å². The first-order valence-electron chi connectivity index (χ1n) is 9.72. The summed E-state index contributed by atoms with van der Waals surface area (Å²) in [6.07, 6.45) is 0.778. The number of nitrogens with one attached hydrogen (secondary N) is 3. The molecule has 0 spiro atoms. The summed E-state index contributed by atoms with van der Waals surface area (Å²) in [7, 11) is 3.07. The van der Waals surface area contributed by atoms with Crippen LogP contribution in [0.4, 0.5) is 10.5 Å². The third-order valence-corrected chi connectivity index (χ3v) is 5.25. The Morgan fingerprint density at radius 2 is 1.97 bits per heavy atom. The lowest BCUT2D eigenvalue weighted by Crippen LogP contribution is -2.45. The van der Waals surface area contributed by atoms with Crippen LogP contribution >= 0.6 is 0 Å². The van der Waals surface area contributed by atoms with Crippen LogP contribution < -0.4 is 20.1 Å². The van der Waals surface area contributed by atoms with Crippen molar-refractivity contribution in [1.29, 1.82) is 0 Å². The summed E-state index contributed by atoms with van der Waals surface area (Å²) in [6.45, 7) is 0.947. The molecular weight excluding hydrogens is 384 g/mol. The number of H-pyrrole nitrogens is 1. The number of benzene rings is 2. The highest BCUT2D eigenvalue weighted by molar-refractivity contribution is 5.95. The summed E-state index contributed by atoms with van der Waals surface area (Å²) in [6, 6.07) is 13.0. The molecule has 3 amide bonds. The van der Waals surface area contributed by atoms with Crippen LogP contribution in [0, 0.1) is 0 Å². The Balaban J connectivity index is 1.35. The summed E-state index contributed by atoms with van der Waals surface area (Å²) in [5.74, 6) is 0.758. The van der Waals surface area contributed by atoms with Gasteiger partial charge >= 0.3 is 6.03 Å². The molecule has 3 N–H and O–H groups in total. The number of nitrogens with zero attached hydrogens (tertiary/aromatic N) is 1. The van der Waals surface area contributed by atoms with E-state index in [4.69, 9.17) is 9.47 Å². The van der Waals surface area contributed by atoms with Crippen LogP contribution in [0.5, 0.6) is 11.5 Å². The zero-order valence-electron chi connectivity index (χ0n) is 17.0. The molecule has 3 aromatic rings. The number of carbonyl (C=O) groups is 2. The van der Waals surface area contributed by atoms with Crippen molar-refractivity contribution in [2.75, 3.05) is 32.6 Å². The zero-order chi connectivity index (χ0) is 21.1. The van der Waals surface area contributed by atoms with Crippen molar-refractivity contribution in [2.45, 2.75) is 13.0 Å². The molecule has 0 saturated heterocycles. The molecule has 0 saturated carbocycles. The Hall–Kier alpha value is -3.68. The first-order chi connectivity index (χ1) is 14.6. The number of amides is 3. The van der Waals surface area contributed by atoms with E-state index in [-0.39, 0.29) is 18.5 Å². The highest BCUT2D eigenvalue weighted by Crippen LogP contribution is 2.29. The van der Waals surface area contributed by atoms with E-state index >= 15 is 0 Å². The molecule has 0 atom stereocenters. The van der Waals surface area contributed by atoms with Gasteiger partial charge in [0.15, 0.2) is 0 Å². The maximum atomic E-state index is 12.6. The van der Waals surface area contributed by atoms with E-state index in [1.54, 1.807) is 30.2 Å². The standard InChI is InChI=1S/C22H24N4O4/c1-29-14-7-8-20(30-2)18(11-14)25-21(27)12-23-22(28)26-10-9-16-15-5-3-4-6-17(15)24-19(16)13-26/h3-8,11,24H,9-10,12-13H2,1-2H3,(H,23,28)(H,25,27). The average molecular weight is 408 g/mol. The number of aromatic amines is 1. The number of methoxy groups -OCH3 is 2. The Morgan fingerprint density at radius 1 is 1.13 bits per heavy atom. The van der Waals surface area contributed by atoms with Crippen molar-refractivity contribution in [1.82, 2.24) is 15.2 Å². The van der Waals surface area contributed by atoms with Crippen molar-refractivity contribution >= 4 is 28.5 Å². The number of ether oxygens (including phenoxy) is 2. The topological polar surface area (TPSA) is 95.7 Å². The molecule has 0 unspecified atom stereocenters. The third-order valence-electron chi connectivity index (χ3n) is 5.25. The predicted molar refractivity (Wildman–Crippen MR) is 114 cm³/mol. The second-order valence-electron chi connectivity index (χ2n) is 7.07. The molecule has 2 aromatic carbocycles. The second kappa shape index (κ2) is 8.36. The Kier molecular flexibility index (Phi) is 5.47. The minimum atomic E-state index is -0.349. The number of para-hydroxylation sites is 1. The quantitative estimate of drug-likeness (QED) is 0.605. The van der Waals surface area contributed by atoms with E-state index in [1.165, 1.54) is 18.1 Å². The Morgan fingerprint density at radius 3 is 2.77 bits per heavy atom. The van der Waals surface area contributed by atoms with E-state index in [9.17, 15) is 9.59 Å². The van der Waals surface area contributed by atoms with Crippen molar-refractivity contribution in [3.63, 3.8) is 0 Å². The number of anilines is 1. The van der Waals surface area contributed by atoms with E-state index in [2.05, 4.69) is 21.7 Å². The molecule has 8 nitrogen and oxygen atoms in total. The fraction of sp³-hybridized carbons (Fsp3) is 0.273. The zero-order valence-corrected chi connectivity index (χ0v) is 17.0. The van der Waals surface area contributed by atoms with Crippen LogP contribution in [-0.2, 0) is 17.8 Å². The van der Waals surface area contributed by atoms with E-state index < -0.39 is 0 Å². The molecule has 0 aliphatic carbocycles. The van der Waals surface area contributed by atoms with Crippen molar-refractivity contribution < 1.29 is 19.1 Å². The molecule has 4 rings (SSSR count). The molecule has 1 aliphatic heterocycles. The molecule has 2 heterocycles. The van der Waals surface area contributed by atoms with Gasteiger partial charge in [0.25, 0.3) is 0 Å². The molecule has 0 fully saturated rings. The van der Waals surface area contributed by atoms with Gasteiger partial charge in [-0.15, -0.1) is 0 Å². The minimum Gasteiger partial charge on any atom is -0.497 e. The molecule has 30 heavy (non-hydrogen) atoms. The first kappa shape index (κ1) is 19.6. The predicted octanol–water partition coefficient (Wildman–Crippen LogP) is 2.89. The van der Waals surface area contributed by atoms with Gasteiger partial charge in [0.05, 0.1) is 33.0 Å². The third kappa shape index (κ3) is 3.89. The van der Waals surface area contributed by atoms with Crippen LogP contribution in [0.15, 0.2) is 42.5 Å². The van der Waals surface area contributed by atoms with Gasteiger partial charge in [0.1, 0.15) is 11.5 Å². The SMILES string of the molecule is COc1ccc(OC)c(NC(=O)CNC(=O)N2CCc3c([nH]c4ccccc34)C2)c1. The summed E-state index contributed by atoms with van der Waals surface area (Å²) in [5.41, 5.74) is 3.87. The van der Waals surface area contributed by atoms with E-state index in [0.717, 1.165) is 17.6 Å². The van der Waals surface area contributed by atoms with Gasteiger partial charge in [-0.1, -0.05) is 18.2 Å². The highest BCUT2D eigenvalue weighted by Gasteiger charge is 2.24. The Labute approximate surface area is 174 Å². The van der Waals surface area contributed by atoms with Crippen molar-refractivity contribution in [2.24, 2.45) is 0 Å². The van der Waals surface area contributed by atoms with Gasteiger partial charge in [-0.3, -0.25) is 4.79 Å². The summed E-state index contributed by atoms with van der Waals surface area (Å²) in [4.78, 5) is 30.0. The Bertz CT molecular complexity index is 1090. The molecule has 0 radical (unpaired) electrons. The smallest absolute Gasteiger partial charge is 0.318 e. The van der Waals surface area contributed by atoms with Gasteiger partial charge in [-0.2, -0.15) is 0 Å². The normalized spacial score (nSPS) is 12.9. The summed E-state index contributed by atoms with van der Waals surface area (Å²) < 4.78 is 10.4. The number of urea groups is 1. The van der Waals surface area contributed by atoms with Crippen LogP contribution in [-0.4, -0.2) is 49.1 Å². The van der Waals surface area contributed by atoms with Crippen LogP contribution in [0.1, 0.15) is 11.3 Å². The monoisotopic (exact) mass is 408 g/mol. The molecule has 1 aliphatic rings. The minimum absolute atomic E-state index is 0.144. The number of fused-ring (bicyclic) bond motifs is 3. The lowest BCUT2D eigenvalue weighted by atomic mass is 10.0. The lowest BCUT2D eigenvalue weighted by molar-refractivity contribution is -0.115.